The molecule has 0 spiro atoms. The van der Waals surface area contributed by atoms with Crippen molar-refractivity contribution in [1.29, 1.82) is 0 Å². The Morgan fingerprint density at radius 1 is 1.16 bits per heavy atom. The van der Waals surface area contributed by atoms with E-state index in [1.54, 1.807) is 6.08 Å². The normalized spacial score (nSPS) is 11.0. The summed E-state index contributed by atoms with van der Waals surface area (Å²) in [5.41, 5.74) is 8.51. The number of aromatic nitrogens is 4. The summed E-state index contributed by atoms with van der Waals surface area (Å²) in [6.07, 6.45) is 3.66. The van der Waals surface area contributed by atoms with Crippen LogP contribution in [0.2, 0.25) is 0 Å². The molecule has 0 unspecified atom stereocenters. The monoisotopic (exact) mass is 334 g/mol. The number of hydrogen-bond donors (Lipinski definition) is 2. The van der Waals surface area contributed by atoms with Crippen LogP contribution in [-0.4, -0.2) is 25.5 Å². The minimum absolute atomic E-state index is 0.0357. The van der Waals surface area contributed by atoms with Gasteiger partial charge in [-0.3, -0.25) is 15.6 Å². The number of rotatable bonds is 5. The third kappa shape index (κ3) is 3.89. The second kappa shape index (κ2) is 6.96. The fraction of sp³-hybridized carbons (Fsp3) is 0.111. The minimum Gasteiger partial charge on any atom is -0.299 e. The van der Waals surface area contributed by atoms with Crippen molar-refractivity contribution in [3.05, 3.63) is 77.5 Å². The van der Waals surface area contributed by atoms with Gasteiger partial charge < -0.3 is 0 Å². The molecule has 0 radical (unpaired) electrons. The summed E-state index contributed by atoms with van der Waals surface area (Å²) < 4.78 is 1.53. The van der Waals surface area contributed by atoms with E-state index in [9.17, 15) is 4.79 Å². The number of benzene rings is 1. The first-order chi connectivity index (χ1) is 12.0. The molecule has 0 aliphatic rings. The van der Waals surface area contributed by atoms with E-state index < -0.39 is 5.91 Å². The molecule has 0 saturated heterocycles. The van der Waals surface area contributed by atoms with Crippen molar-refractivity contribution < 1.29 is 4.79 Å². The van der Waals surface area contributed by atoms with Gasteiger partial charge in [0, 0.05) is 17.1 Å². The lowest BCUT2D eigenvalue weighted by Crippen LogP contribution is -2.36. The Kier molecular flexibility index (Phi) is 4.56. The van der Waals surface area contributed by atoms with Gasteiger partial charge in [-0.1, -0.05) is 43.0 Å². The number of fused-ring (bicyclic) bond motifs is 1. The summed E-state index contributed by atoms with van der Waals surface area (Å²) in [6, 6.07) is 11.7. The maximum absolute atomic E-state index is 12.2. The van der Waals surface area contributed by atoms with E-state index in [2.05, 4.69) is 32.5 Å². The molecule has 0 fully saturated rings. The maximum atomic E-state index is 12.2. The smallest absolute Gasteiger partial charge is 0.299 e. The summed E-state index contributed by atoms with van der Waals surface area (Å²) in [6.45, 7) is 7.58. The van der Waals surface area contributed by atoms with Gasteiger partial charge in [0.15, 0.2) is 0 Å². The first-order valence-electron chi connectivity index (χ1n) is 7.72. The van der Waals surface area contributed by atoms with Gasteiger partial charge in [-0.15, -0.1) is 5.10 Å². The highest BCUT2D eigenvalue weighted by Crippen LogP contribution is 2.05. The number of carbonyl (C=O) groups is 1. The van der Waals surface area contributed by atoms with E-state index in [4.69, 9.17) is 0 Å². The number of nitrogens with zero attached hydrogens (tertiary/aromatic N) is 4. The summed E-state index contributed by atoms with van der Waals surface area (Å²) in [7, 11) is 0. The molecule has 0 aliphatic heterocycles. The Morgan fingerprint density at radius 2 is 1.92 bits per heavy atom. The number of carbonyl (C=O) groups excluding carboxylic acids is 1. The van der Waals surface area contributed by atoms with Gasteiger partial charge in [-0.05, 0) is 31.6 Å². The standard InChI is InChI=1S/C18H18N6O/c1-12(9-10-15-7-5-4-6-8-15)21-22-17(25)16-20-18-19-13(2)11-14(3)24(18)23-16/h4-11,21H,1H2,2-3H3,(H,22,25). The fourth-order valence-electron chi connectivity index (χ4n) is 2.26. The molecule has 0 saturated carbocycles. The molecule has 0 atom stereocenters. The Labute approximate surface area is 145 Å². The van der Waals surface area contributed by atoms with E-state index >= 15 is 0 Å². The molecule has 7 heteroatoms. The molecule has 0 bridgehead atoms. The van der Waals surface area contributed by atoms with Crippen LogP contribution in [0.4, 0.5) is 0 Å². The fourth-order valence-corrected chi connectivity index (χ4v) is 2.26. The van der Waals surface area contributed by atoms with Gasteiger partial charge in [-0.2, -0.15) is 4.98 Å². The second-order valence-electron chi connectivity index (χ2n) is 5.53. The number of allylic oxidation sites excluding steroid dienone is 1. The van der Waals surface area contributed by atoms with E-state index in [1.165, 1.54) is 4.52 Å². The summed E-state index contributed by atoms with van der Waals surface area (Å²) in [4.78, 5) is 20.6. The van der Waals surface area contributed by atoms with Crippen LogP contribution in [0.25, 0.3) is 11.9 Å². The van der Waals surface area contributed by atoms with Gasteiger partial charge in [-0.25, -0.2) is 9.50 Å². The molecule has 2 N–H and O–H groups in total. The lowest BCUT2D eigenvalue weighted by molar-refractivity contribution is 0.0929. The van der Waals surface area contributed by atoms with Gasteiger partial charge in [0.25, 0.3) is 5.78 Å². The number of hydrogen-bond acceptors (Lipinski definition) is 5. The van der Waals surface area contributed by atoms with Crippen LogP contribution in [-0.2, 0) is 0 Å². The van der Waals surface area contributed by atoms with Crippen LogP contribution < -0.4 is 10.9 Å². The van der Waals surface area contributed by atoms with E-state index in [-0.39, 0.29) is 5.82 Å². The molecular formula is C18H18N6O. The predicted molar refractivity (Wildman–Crippen MR) is 95.5 cm³/mol. The third-order valence-corrected chi connectivity index (χ3v) is 3.43. The maximum Gasteiger partial charge on any atom is 0.309 e. The van der Waals surface area contributed by atoms with Crippen LogP contribution >= 0.6 is 0 Å². The van der Waals surface area contributed by atoms with Crippen LogP contribution in [0.3, 0.4) is 0 Å². The zero-order valence-electron chi connectivity index (χ0n) is 14.0. The summed E-state index contributed by atoms with van der Waals surface area (Å²) >= 11 is 0. The average Bonchev–Trinajstić information content (AvgIpc) is 3.03. The van der Waals surface area contributed by atoms with Crippen molar-refractivity contribution in [1.82, 2.24) is 30.4 Å². The first kappa shape index (κ1) is 16.4. The molecule has 1 amide bonds. The molecule has 3 rings (SSSR count). The zero-order chi connectivity index (χ0) is 17.8. The van der Waals surface area contributed by atoms with E-state index in [0.29, 0.717) is 11.5 Å². The molecule has 3 aromatic rings. The van der Waals surface area contributed by atoms with E-state index in [1.807, 2.05) is 56.3 Å². The largest absolute Gasteiger partial charge is 0.309 e. The summed E-state index contributed by atoms with van der Waals surface area (Å²) in [5.74, 6) is -0.0317. The van der Waals surface area contributed by atoms with Crippen molar-refractivity contribution in [3.63, 3.8) is 0 Å². The van der Waals surface area contributed by atoms with Gasteiger partial charge in [0.2, 0.25) is 5.82 Å². The van der Waals surface area contributed by atoms with Crippen molar-refractivity contribution in [3.8, 4) is 0 Å². The quantitative estimate of drug-likeness (QED) is 0.552. The number of aryl methyl sites for hydroxylation is 2. The lowest BCUT2D eigenvalue weighted by Gasteiger charge is -2.05. The number of nitrogens with one attached hydrogen (secondary N) is 2. The average molecular weight is 334 g/mol. The Morgan fingerprint density at radius 3 is 2.68 bits per heavy atom. The molecule has 2 heterocycles. The summed E-state index contributed by atoms with van der Waals surface area (Å²) in [5, 5.41) is 4.17. The Balaban J connectivity index is 1.63. The SMILES string of the molecule is C=C(C=Cc1ccccc1)NNC(=O)c1nc2nc(C)cc(C)n2n1. The topological polar surface area (TPSA) is 84.2 Å². The van der Waals surface area contributed by atoms with Crippen molar-refractivity contribution in [2.75, 3.05) is 0 Å². The van der Waals surface area contributed by atoms with Crippen LogP contribution in [0.1, 0.15) is 27.6 Å². The Hall–Kier alpha value is -3.48. The number of amides is 1. The lowest BCUT2D eigenvalue weighted by atomic mass is 10.2. The van der Waals surface area contributed by atoms with Crippen LogP contribution in [0.5, 0.6) is 0 Å². The number of hydrazine groups is 1. The molecule has 25 heavy (non-hydrogen) atoms. The Bertz CT molecular complexity index is 958. The predicted octanol–water partition coefficient (Wildman–Crippen LogP) is 2.20. The van der Waals surface area contributed by atoms with E-state index in [0.717, 1.165) is 17.0 Å². The zero-order valence-corrected chi connectivity index (χ0v) is 14.0. The second-order valence-corrected chi connectivity index (χ2v) is 5.53. The highest BCUT2D eigenvalue weighted by Gasteiger charge is 2.14. The van der Waals surface area contributed by atoms with Crippen LogP contribution in [0, 0.1) is 13.8 Å². The molecule has 126 valence electrons. The van der Waals surface area contributed by atoms with Gasteiger partial charge in [0.05, 0.1) is 0 Å². The molecule has 0 aliphatic carbocycles. The highest BCUT2D eigenvalue weighted by atomic mass is 16.2. The minimum atomic E-state index is -0.461. The molecule has 1 aromatic carbocycles. The van der Waals surface area contributed by atoms with Crippen molar-refractivity contribution >= 4 is 17.8 Å². The molecule has 2 aromatic heterocycles. The molecule has 7 nitrogen and oxygen atoms in total. The van der Waals surface area contributed by atoms with Gasteiger partial charge in [0.1, 0.15) is 0 Å². The molecular weight excluding hydrogens is 316 g/mol. The van der Waals surface area contributed by atoms with Crippen LogP contribution in [0.15, 0.2) is 54.8 Å². The highest BCUT2D eigenvalue weighted by molar-refractivity contribution is 5.90. The third-order valence-electron chi connectivity index (χ3n) is 3.43. The van der Waals surface area contributed by atoms with Gasteiger partial charge >= 0.3 is 5.91 Å². The first-order valence-corrected chi connectivity index (χ1v) is 7.72. The van der Waals surface area contributed by atoms with Crippen molar-refractivity contribution in [2.24, 2.45) is 0 Å². The van der Waals surface area contributed by atoms with Crippen molar-refractivity contribution in [2.45, 2.75) is 13.8 Å².